The molecule has 0 radical (unpaired) electrons. The average molecular weight is 311 g/mol. The van der Waals surface area contributed by atoms with Crippen LogP contribution in [0, 0.1) is 0 Å². The maximum atomic E-state index is 11.7. The van der Waals surface area contributed by atoms with Crippen molar-refractivity contribution < 1.29 is 13.2 Å². The van der Waals surface area contributed by atoms with Gasteiger partial charge in [-0.2, -0.15) is 0 Å². The van der Waals surface area contributed by atoms with Crippen LogP contribution in [-0.4, -0.2) is 32.6 Å². The highest BCUT2D eigenvalue weighted by atomic mass is 32.2. The molecule has 0 spiro atoms. The lowest BCUT2D eigenvalue weighted by atomic mass is 10.1. The Labute approximate surface area is 127 Å². The van der Waals surface area contributed by atoms with Crippen LogP contribution in [0.3, 0.4) is 0 Å². The molecule has 1 heterocycles. The van der Waals surface area contributed by atoms with E-state index < -0.39 is 9.84 Å². The summed E-state index contributed by atoms with van der Waals surface area (Å²) in [6.07, 6.45) is 2.69. The van der Waals surface area contributed by atoms with Crippen molar-refractivity contribution in [1.29, 1.82) is 0 Å². The molecule has 2 atom stereocenters. The summed E-state index contributed by atoms with van der Waals surface area (Å²) in [7, 11) is -2.86. The highest BCUT2D eigenvalue weighted by molar-refractivity contribution is 7.91. The Morgan fingerprint density at radius 2 is 2.05 bits per heavy atom. The summed E-state index contributed by atoms with van der Waals surface area (Å²) in [5.74, 6) is 1.48. The monoisotopic (exact) mass is 311 g/mol. The van der Waals surface area contributed by atoms with Crippen molar-refractivity contribution in [2.24, 2.45) is 0 Å². The Bertz CT molecular complexity index is 539. The maximum Gasteiger partial charge on any atom is 0.151 e. The van der Waals surface area contributed by atoms with Crippen LogP contribution in [0.5, 0.6) is 5.75 Å². The lowest BCUT2D eigenvalue weighted by Crippen LogP contribution is -2.41. The summed E-state index contributed by atoms with van der Waals surface area (Å²) in [6.45, 7) is 4.88. The van der Waals surface area contributed by atoms with Crippen LogP contribution in [0.4, 0.5) is 0 Å². The van der Waals surface area contributed by atoms with Gasteiger partial charge < -0.3 is 10.1 Å². The zero-order valence-corrected chi connectivity index (χ0v) is 13.7. The lowest BCUT2D eigenvalue weighted by Gasteiger charge is -2.26. The molecule has 0 saturated carbocycles. The van der Waals surface area contributed by atoms with E-state index in [1.807, 2.05) is 24.3 Å². The van der Waals surface area contributed by atoms with Crippen molar-refractivity contribution in [2.45, 2.75) is 45.2 Å². The van der Waals surface area contributed by atoms with E-state index in [-0.39, 0.29) is 17.8 Å². The van der Waals surface area contributed by atoms with Crippen molar-refractivity contribution >= 4 is 9.84 Å². The highest BCUT2D eigenvalue weighted by Gasteiger charge is 2.25. The maximum absolute atomic E-state index is 11.7. The molecule has 0 aliphatic carbocycles. The van der Waals surface area contributed by atoms with Gasteiger partial charge in [0.1, 0.15) is 5.75 Å². The molecule has 1 N–H and O–H groups in total. The first kappa shape index (κ1) is 16.3. The Morgan fingerprint density at radius 1 is 1.33 bits per heavy atom. The van der Waals surface area contributed by atoms with Crippen LogP contribution in [0.2, 0.25) is 0 Å². The standard InChI is InChI=1S/C16H25NO3S/c1-3-10-20-16-8-6-14(7-9-16)13(2)17-15-5-4-11-21(18,19)12-15/h6-9,13,15,17H,3-5,10-12H2,1-2H3. The molecule has 1 aromatic rings. The largest absolute Gasteiger partial charge is 0.494 e. The van der Waals surface area contributed by atoms with E-state index >= 15 is 0 Å². The summed E-state index contributed by atoms with van der Waals surface area (Å²) in [5.41, 5.74) is 1.15. The molecule has 1 fully saturated rings. The first-order valence-electron chi connectivity index (χ1n) is 7.69. The molecule has 1 aromatic carbocycles. The van der Waals surface area contributed by atoms with Crippen LogP contribution in [0.25, 0.3) is 0 Å². The molecule has 0 amide bonds. The van der Waals surface area contributed by atoms with Crippen LogP contribution < -0.4 is 10.1 Å². The van der Waals surface area contributed by atoms with Gasteiger partial charge in [0, 0.05) is 12.1 Å². The Morgan fingerprint density at radius 3 is 2.67 bits per heavy atom. The van der Waals surface area contributed by atoms with E-state index in [4.69, 9.17) is 4.74 Å². The fourth-order valence-electron chi connectivity index (χ4n) is 2.68. The second-order valence-electron chi connectivity index (χ2n) is 5.76. The second-order valence-corrected chi connectivity index (χ2v) is 7.99. The third-order valence-electron chi connectivity index (χ3n) is 3.80. The van der Waals surface area contributed by atoms with Crippen molar-refractivity contribution in [1.82, 2.24) is 5.32 Å². The van der Waals surface area contributed by atoms with E-state index in [0.717, 1.165) is 37.2 Å². The zero-order valence-electron chi connectivity index (χ0n) is 12.8. The second kappa shape index (κ2) is 7.27. The molecule has 1 aliphatic rings. The van der Waals surface area contributed by atoms with Crippen LogP contribution in [0.1, 0.15) is 44.7 Å². The summed E-state index contributed by atoms with van der Waals surface area (Å²) in [6, 6.07) is 8.24. The molecule has 1 saturated heterocycles. The molecule has 1 aliphatic heterocycles. The lowest BCUT2D eigenvalue weighted by molar-refractivity contribution is 0.317. The average Bonchev–Trinajstić information content (AvgIpc) is 2.44. The fourth-order valence-corrected chi connectivity index (χ4v) is 4.33. The number of hydrogen-bond acceptors (Lipinski definition) is 4. The number of hydrogen-bond donors (Lipinski definition) is 1. The minimum absolute atomic E-state index is 0.0646. The van der Waals surface area contributed by atoms with Gasteiger partial charge in [-0.1, -0.05) is 19.1 Å². The van der Waals surface area contributed by atoms with Gasteiger partial charge in [0.25, 0.3) is 0 Å². The number of nitrogens with one attached hydrogen (secondary N) is 1. The third-order valence-corrected chi connectivity index (χ3v) is 5.62. The molecule has 5 heteroatoms. The van der Waals surface area contributed by atoms with E-state index in [0.29, 0.717) is 5.75 Å². The highest BCUT2D eigenvalue weighted by Crippen LogP contribution is 2.20. The smallest absolute Gasteiger partial charge is 0.151 e. The van der Waals surface area contributed by atoms with Gasteiger partial charge in [0.05, 0.1) is 18.1 Å². The van der Waals surface area contributed by atoms with E-state index in [9.17, 15) is 8.42 Å². The molecule has 118 valence electrons. The fraction of sp³-hybridized carbons (Fsp3) is 0.625. The SMILES string of the molecule is CCCOc1ccc(C(C)NC2CCCS(=O)(=O)C2)cc1. The molecule has 2 unspecified atom stereocenters. The summed E-state index contributed by atoms with van der Waals surface area (Å²) >= 11 is 0. The molecular formula is C16H25NO3S. The van der Waals surface area contributed by atoms with E-state index in [2.05, 4.69) is 19.2 Å². The van der Waals surface area contributed by atoms with Gasteiger partial charge >= 0.3 is 0 Å². The topological polar surface area (TPSA) is 55.4 Å². The van der Waals surface area contributed by atoms with Gasteiger partial charge in [-0.3, -0.25) is 0 Å². The Balaban J connectivity index is 1.92. The van der Waals surface area contributed by atoms with Crippen molar-refractivity contribution in [3.8, 4) is 5.75 Å². The van der Waals surface area contributed by atoms with E-state index in [1.54, 1.807) is 0 Å². The summed E-state index contributed by atoms with van der Waals surface area (Å²) in [4.78, 5) is 0. The van der Waals surface area contributed by atoms with Crippen LogP contribution >= 0.6 is 0 Å². The minimum atomic E-state index is -2.86. The molecule has 21 heavy (non-hydrogen) atoms. The van der Waals surface area contributed by atoms with Crippen LogP contribution in [-0.2, 0) is 9.84 Å². The zero-order chi connectivity index (χ0) is 15.3. The van der Waals surface area contributed by atoms with Crippen molar-refractivity contribution in [3.63, 3.8) is 0 Å². The molecule has 0 bridgehead atoms. The Hall–Kier alpha value is -1.07. The number of benzene rings is 1. The normalized spacial score (nSPS) is 22.7. The van der Waals surface area contributed by atoms with Crippen molar-refractivity contribution in [3.05, 3.63) is 29.8 Å². The first-order valence-corrected chi connectivity index (χ1v) is 9.51. The van der Waals surface area contributed by atoms with Gasteiger partial charge in [-0.05, 0) is 43.9 Å². The molecule has 4 nitrogen and oxygen atoms in total. The van der Waals surface area contributed by atoms with E-state index in [1.165, 1.54) is 0 Å². The van der Waals surface area contributed by atoms with Gasteiger partial charge in [-0.25, -0.2) is 8.42 Å². The molecular weight excluding hydrogens is 286 g/mol. The van der Waals surface area contributed by atoms with Gasteiger partial charge in [0.2, 0.25) is 0 Å². The first-order chi connectivity index (χ1) is 10.00. The molecule has 2 rings (SSSR count). The number of sulfone groups is 1. The Kier molecular flexibility index (Phi) is 5.65. The summed E-state index contributed by atoms with van der Waals surface area (Å²) in [5, 5.41) is 3.43. The quantitative estimate of drug-likeness (QED) is 0.877. The predicted octanol–water partition coefficient (Wildman–Crippen LogP) is 2.70. The number of ether oxygens (including phenoxy) is 1. The number of rotatable bonds is 6. The summed E-state index contributed by atoms with van der Waals surface area (Å²) < 4.78 is 28.9. The van der Waals surface area contributed by atoms with Gasteiger partial charge in [-0.15, -0.1) is 0 Å². The van der Waals surface area contributed by atoms with Crippen LogP contribution in [0.15, 0.2) is 24.3 Å². The predicted molar refractivity (Wildman–Crippen MR) is 85.5 cm³/mol. The minimum Gasteiger partial charge on any atom is -0.494 e. The van der Waals surface area contributed by atoms with Gasteiger partial charge in [0.15, 0.2) is 9.84 Å². The van der Waals surface area contributed by atoms with Crippen molar-refractivity contribution in [2.75, 3.05) is 18.1 Å². The third kappa shape index (κ3) is 5.00. The molecule has 0 aromatic heterocycles.